The van der Waals surface area contributed by atoms with Gasteiger partial charge in [0.25, 0.3) is 0 Å². The van der Waals surface area contributed by atoms with Crippen molar-refractivity contribution >= 4 is 22.9 Å². The number of hydrogen-bond acceptors (Lipinski definition) is 6. The number of aromatic nitrogens is 4. The number of ether oxygens (including phenoxy) is 1. The second-order valence-corrected chi connectivity index (χ2v) is 7.65. The molecule has 0 atom stereocenters. The Hall–Kier alpha value is -3.59. The van der Waals surface area contributed by atoms with Crippen LogP contribution in [0.5, 0.6) is 0 Å². The fourth-order valence-electron chi connectivity index (χ4n) is 3.53. The summed E-state index contributed by atoms with van der Waals surface area (Å²) in [5.74, 6) is 0.722. The number of rotatable bonds is 10. The molecule has 0 spiro atoms. The predicted molar refractivity (Wildman–Crippen MR) is 122 cm³/mol. The molecule has 0 fully saturated rings. The second kappa shape index (κ2) is 10.4. The first-order valence-corrected chi connectivity index (χ1v) is 11.0. The summed E-state index contributed by atoms with van der Waals surface area (Å²) in [6.45, 7) is 5.63. The van der Waals surface area contributed by atoms with Gasteiger partial charge in [-0.05, 0) is 56.2 Å². The molecule has 0 aliphatic rings. The summed E-state index contributed by atoms with van der Waals surface area (Å²) < 4.78 is 26.2. The number of carbonyl (C=O) groups excluding carboxylic acids is 1. The molecule has 4 aromatic rings. The number of aryl methyl sites for hydroxylation is 3. The third-order valence-electron chi connectivity index (χ3n) is 5.23. The van der Waals surface area contributed by atoms with Gasteiger partial charge in [0.1, 0.15) is 5.82 Å². The highest BCUT2D eigenvalue weighted by Gasteiger charge is 2.15. The van der Waals surface area contributed by atoms with Gasteiger partial charge in [-0.1, -0.05) is 17.3 Å². The summed E-state index contributed by atoms with van der Waals surface area (Å²) >= 11 is 0. The average Bonchev–Trinajstić information content (AvgIpc) is 3.42. The quantitative estimate of drug-likeness (QED) is 0.356. The van der Waals surface area contributed by atoms with Crippen LogP contribution >= 0.6 is 0 Å². The Kier molecular flexibility index (Phi) is 7.09. The number of fused-ring (bicyclic) bond motifs is 1. The van der Waals surface area contributed by atoms with E-state index in [2.05, 4.69) is 20.4 Å². The topological polar surface area (TPSA) is 95.1 Å². The standard InChI is InChI=1S/C24H26FN5O3/c1-3-32-14-6-13-30-20-8-5-4-7-19(20)26-24(30)27-21(31)11-12-22-28-23(29-33-22)17-9-10-18(25)16(2)15-17/h4-5,7-10,15H,3,6,11-14H2,1-2H3,(H,26,27,31). The van der Waals surface area contributed by atoms with Gasteiger partial charge in [0, 0.05) is 38.2 Å². The zero-order chi connectivity index (χ0) is 23.2. The maximum atomic E-state index is 13.5. The Morgan fingerprint density at radius 2 is 2.06 bits per heavy atom. The number of amides is 1. The fraction of sp³-hybridized carbons (Fsp3) is 0.333. The lowest BCUT2D eigenvalue weighted by Crippen LogP contribution is -2.17. The van der Waals surface area contributed by atoms with Crippen molar-refractivity contribution in [2.75, 3.05) is 18.5 Å². The molecule has 0 unspecified atom stereocenters. The molecule has 0 bridgehead atoms. The summed E-state index contributed by atoms with van der Waals surface area (Å²) in [7, 11) is 0. The van der Waals surface area contributed by atoms with Crippen molar-refractivity contribution in [2.45, 2.75) is 39.7 Å². The molecular weight excluding hydrogens is 425 g/mol. The van der Waals surface area contributed by atoms with E-state index in [1.54, 1.807) is 19.1 Å². The Morgan fingerprint density at radius 3 is 2.88 bits per heavy atom. The Balaban J connectivity index is 1.40. The number of nitrogens with zero attached hydrogens (tertiary/aromatic N) is 4. The van der Waals surface area contributed by atoms with Crippen LogP contribution in [0.4, 0.5) is 10.3 Å². The van der Waals surface area contributed by atoms with Crippen molar-refractivity contribution in [1.29, 1.82) is 0 Å². The van der Waals surface area contributed by atoms with Crippen LogP contribution < -0.4 is 5.32 Å². The van der Waals surface area contributed by atoms with E-state index < -0.39 is 0 Å². The minimum atomic E-state index is -0.289. The summed E-state index contributed by atoms with van der Waals surface area (Å²) in [6, 6.07) is 12.4. The van der Waals surface area contributed by atoms with Crippen LogP contribution in [0.1, 0.15) is 31.2 Å². The van der Waals surface area contributed by atoms with Gasteiger partial charge in [-0.15, -0.1) is 0 Å². The predicted octanol–water partition coefficient (Wildman–Crippen LogP) is 4.53. The van der Waals surface area contributed by atoms with E-state index >= 15 is 0 Å². The molecule has 0 saturated heterocycles. The lowest BCUT2D eigenvalue weighted by atomic mass is 10.1. The zero-order valence-electron chi connectivity index (χ0n) is 18.7. The highest BCUT2D eigenvalue weighted by Crippen LogP contribution is 2.21. The number of imidazole rings is 1. The van der Waals surface area contributed by atoms with Gasteiger partial charge in [-0.3, -0.25) is 10.1 Å². The second-order valence-electron chi connectivity index (χ2n) is 7.65. The van der Waals surface area contributed by atoms with E-state index in [9.17, 15) is 9.18 Å². The van der Waals surface area contributed by atoms with Crippen molar-refractivity contribution in [1.82, 2.24) is 19.7 Å². The molecule has 0 radical (unpaired) electrons. The van der Waals surface area contributed by atoms with E-state index in [-0.39, 0.29) is 24.6 Å². The van der Waals surface area contributed by atoms with Crippen LogP contribution in [0.25, 0.3) is 22.4 Å². The van der Waals surface area contributed by atoms with Crippen LogP contribution in [0.15, 0.2) is 47.0 Å². The van der Waals surface area contributed by atoms with Gasteiger partial charge in [0.15, 0.2) is 0 Å². The fourth-order valence-corrected chi connectivity index (χ4v) is 3.53. The monoisotopic (exact) mass is 451 g/mol. The molecule has 33 heavy (non-hydrogen) atoms. The summed E-state index contributed by atoms with van der Waals surface area (Å²) in [5.41, 5.74) is 2.94. The van der Waals surface area contributed by atoms with E-state index in [0.717, 1.165) is 17.5 Å². The number of anilines is 1. The zero-order valence-corrected chi connectivity index (χ0v) is 18.7. The van der Waals surface area contributed by atoms with E-state index in [4.69, 9.17) is 9.26 Å². The Labute approximate surface area is 190 Å². The third kappa shape index (κ3) is 5.43. The molecule has 0 aliphatic carbocycles. The minimum Gasteiger partial charge on any atom is -0.382 e. The summed E-state index contributed by atoms with van der Waals surface area (Å²) in [4.78, 5) is 21.5. The molecule has 0 saturated carbocycles. The van der Waals surface area contributed by atoms with Crippen molar-refractivity contribution in [3.05, 3.63) is 59.7 Å². The maximum Gasteiger partial charge on any atom is 0.227 e. The lowest BCUT2D eigenvalue weighted by Gasteiger charge is -2.10. The van der Waals surface area contributed by atoms with Gasteiger partial charge in [0.2, 0.25) is 23.6 Å². The molecule has 2 aromatic carbocycles. The molecule has 1 amide bonds. The van der Waals surface area contributed by atoms with Crippen LogP contribution in [0.3, 0.4) is 0 Å². The summed E-state index contributed by atoms with van der Waals surface area (Å²) in [6.07, 6.45) is 1.25. The molecule has 0 aliphatic heterocycles. The average molecular weight is 452 g/mol. The molecule has 4 rings (SSSR count). The highest BCUT2D eigenvalue weighted by atomic mass is 19.1. The van der Waals surface area contributed by atoms with Gasteiger partial charge in [-0.2, -0.15) is 4.98 Å². The number of halogens is 1. The number of hydrogen-bond donors (Lipinski definition) is 1. The number of para-hydroxylation sites is 2. The number of carbonyl (C=O) groups is 1. The largest absolute Gasteiger partial charge is 0.382 e. The van der Waals surface area contributed by atoms with Gasteiger partial charge in [-0.25, -0.2) is 9.37 Å². The van der Waals surface area contributed by atoms with E-state index in [0.29, 0.717) is 48.5 Å². The normalized spacial score (nSPS) is 11.2. The smallest absolute Gasteiger partial charge is 0.227 e. The van der Waals surface area contributed by atoms with Crippen LogP contribution in [-0.4, -0.2) is 38.8 Å². The molecule has 9 heteroatoms. The lowest BCUT2D eigenvalue weighted by molar-refractivity contribution is -0.116. The van der Waals surface area contributed by atoms with E-state index in [1.807, 2.05) is 35.8 Å². The van der Waals surface area contributed by atoms with Gasteiger partial charge < -0.3 is 13.8 Å². The Bertz CT molecular complexity index is 1250. The SMILES string of the molecule is CCOCCCn1c(NC(=O)CCc2nc(-c3ccc(F)c(C)c3)no2)nc2ccccc21. The molecular formula is C24H26FN5O3. The van der Waals surface area contributed by atoms with Crippen molar-refractivity contribution in [3.8, 4) is 11.4 Å². The van der Waals surface area contributed by atoms with Crippen molar-refractivity contribution in [3.63, 3.8) is 0 Å². The first-order chi connectivity index (χ1) is 16.0. The highest BCUT2D eigenvalue weighted by molar-refractivity contribution is 5.91. The van der Waals surface area contributed by atoms with E-state index in [1.165, 1.54) is 6.07 Å². The summed E-state index contributed by atoms with van der Waals surface area (Å²) in [5, 5.41) is 6.85. The first kappa shape index (κ1) is 22.6. The number of benzene rings is 2. The minimum absolute atomic E-state index is 0.159. The van der Waals surface area contributed by atoms with Gasteiger partial charge in [0.05, 0.1) is 11.0 Å². The van der Waals surface area contributed by atoms with Crippen LogP contribution in [0.2, 0.25) is 0 Å². The van der Waals surface area contributed by atoms with Crippen molar-refractivity contribution in [2.24, 2.45) is 0 Å². The molecule has 172 valence electrons. The van der Waals surface area contributed by atoms with Gasteiger partial charge >= 0.3 is 0 Å². The molecule has 8 nitrogen and oxygen atoms in total. The molecule has 1 N–H and O–H groups in total. The first-order valence-electron chi connectivity index (χ1n) is 11.0. The number of nitrogens with one attached hydrogen (secondary N) is 1. The Morgan fingerprint density at radius 1 is 1.21 bits per heavy atom. The maximum absolute atomic E-state index is 13.5. The van der Waals surface area contributed by atoms with Crippen LogP contribution in [0, 0.1) is 12.7 Å². The molecule has 2 heterocycles. The van der Waals surface area contributed by atoms with Crippen molar-refractivity contribution < 1.29 is 18.4 Å². The van der Waals surface area contributed by atoms with Crippen LogP contribution in [-0.2, 0) is 22.5 Å². The molecule has 2 aromatic heterocycles. The third-order valence-corrected chi connectivity index (χ3v) is 5.23.